The standard InChI is InChI=1S/C25H32N4O4/c1-17-8-4-5-9-19(17)16-22(26-18(2)30)24(31)27-20-12-14-29(15-13-20)25(32)28-21-10-6-7-11-23(21)33-3/h4-11,20,22H,12-16H2,1-3H3,(H,26,30)(H,27,31)(H,28,32)/t22-/m1/s1. The molecule has 1 saturated heterocycles. The summed E-state index contributed by atoms with van der Waals surface area (Å²) in [5, 5.41) is 8.72. The van der Waals surface area contributed by atoms with Crippen LogP contribution in [0.25, 0.3) is 0 Å². The van der Waals surface area contributed by atoms with E-state index in [9.17, 15) is 14.4 Å². The van der Waals surface area contributed by atoms with Crippen LogP contribution in [-0.4, -0.2) is 55.0 Å². The van der Waals surface area contributed by atoms with Gasteiger partial charge in [0.1, 0.15) is 11.8 Å². The second-order valence-corrected chi connectivity index (χ2v) is 8.28. The van der Waals surface area contributed by atoms with E-state index in [1.165, 1.54) is 6.92 Å². The van der Waals surface area contributed by atoms with E-state index < -0.39 is 6.04 Å². The maximum absolute atomic E-state index is 13.0. The Balaban J connectivity index is 1.54. The lowest BCUT2D eigenvalue weighted by Crippen LogP contribution is -2.53. The summed E-state index contributed by atoms with van der Waals surface area (Å²) in [4.78, 5) is 39.0. The maximum Gasteiger partial charge on any atom is 0.321 e. The number of hydrogen-bond acceptors (Lipinski definition) is 4. The summed E-state index contributed by atoms with van der Waals surface area (Å²) in [7, 11) is 1.56. The molecule has 1 aliphatic rings. The van der Waals surface area contributed by atoms with Crippen LogP contribution < -0.4 is 20.7 Å². The molecule has 2 aromatic carbocycles. The molecule has 1 atom stereocenters. The molecule has 0 aliphatic carbocycles. The fourth-order valence-electron chi connectivity index (χ4n) is 3.98. The topological polar surface area (TPSA) is 99.8 Å². The highest BCUT2D eigenvalue weighted by Gasteiger charge is 2.27. The van der Waals surface area contributed by atoms with Gasteiger partial charge in [0.2, 0.25) is 11.8 Å². The van der Waals surface area contributed by atoms with Crippen LogP contribution in [-0.2, 0) is 16.0 Å². The molecule has 3 rings (SSSR count). The van der Waals surface area contributed by atoms with Crippen molar-refractivity contribution in [3.63, 3.8) is 0 Å². The van der Waals surface area contributed by atoms with Gasteiger partial charge < -0.3 is 25.6 Å². The third kappa shape index (κ3) is 6.71. The largest absolute Gasteiger partial charge is 0.495 e. The molecule has 0 saturated carbocycles. The molecule has 0 bridgehead atoms. The molecule has 0 aromatic heterocycles. The van der Waals surface area contributed by atoms with Crippen molar-refractivity contribution in [2.24, 2.45) is 0 Å². The number of hydrogen-bond donors (Lipinski definition) is 3. The molecular formula is C25H32N4O4. The van der Waals surface area contributed by atoms with Gasteiger partial charge in [-0.1, -0.05) is 36.4 Å². The van der Waals surface area contributed by atoms with E-state index in [1.54, 1.807) is 24.1 Å². The molecule has 1 fully saturated rings. The van der Waals surface area contributed by atoms with Crippen molar-refractivity contribution in [1.82, 2.24) is 15.5 Å². The summed E-state index contributed by atoms with van der Waals surface area (Å²) < 4.78 is 5.28. The molecule has 2 aromatic rings. The fourth-order valence-corrected chi connectivity index (χ4v) is 3.98. The molecule has 4 amide bonds. The number of methoxy groups -OCH3 is 1. The summed E-state index contributed by atoms with van der Waals surface area (Å²) in [6, 6.07) is 14.2. The number of amides is 4. The quantitative estimate of drug-likeness (QED) is 0.601. The molecule has 0 radical (unpaired) electrons. The maximum atomic E-state index is 13.0. The fraction of sp³-hybridized carbons (Fsp3) is 0.400. The zero-order chi connectivity index (χ0) is 23.8. The smallest absolute Gasteiger partial charge is 0.321 e. The van der Waals surface area contributed by atoms with E-state index >= 15 is 0 Å². The molecule has 0 spiro atoms. The van der Waals surface area contributed by atoms with Crippen LogP contribution in [0.15, 0.2) is 48.5 Å². The van der Waals surface area contributed by atoms with Gasteiger partial charge in [-0.2, -0.15) is 0 Å². The monoisotopic (exact) mass is 452 g/mol. The van der Waals surface area contributed by atoms with Crippen LogP contribution in [0, 0.1) is 6.92 Å². The van der Waals surface area contributed by atoms with Gasteiger partial charge in [0.25, 0.3) is 0 Å². The first kappa shape index (κ1) is 24.1. The minimum absolute atomic E-state index is 0.0547. The van der Waals surface area contributed by atoms with Gasteiger partial charge in [0, 0.05) is 32.5 Å². The Kier molecular flexibility index (Phi) is 8.29. The summed E-state index contributed by atoms with van der Waals surface area (Å²) in [6.45, 7) is 4.45. The second-order valence-electron chi connectivity index (χ2n) is 8.28. The average Bonchev–Trinajstić information content (AvgIpc) is 2.80. The first-order chi connectivity index (χ1) is 15.9. The normalized spacial score (nSPS) is 14.8. The van der Waals surface area contributed by atoms with Crippen LogP contribution in [0.5, 0.6) is 5.75 Å². The van der Waals surface area contributed by atoms with Gasteiger partial charge in [0.15, 0.2) is 0 Å². The highest BCUT2D eigenvalue weighted by Crippen LogP contribution is 2.24. The highest BCUT2D eigenvalue weighted by molar-refractivity contribution is 5.91. The molecule has 8 heteroatoms. The lowest BCUT2D eigenvalue weighted by atomic mass is 9.99. The van der Waals surface area contributed by atoms with Gasteiger partial charge in [0.05, 0.1) is 12.8 Å². The number of aryl methyl sites for hydroxylation is 1. The average molecular weight is 453 g/mol. The molecule has 8 nitrogen and oxygen atoms in total. The van der Waals surface area contributed by atoms with Gasteiger partial charge in [-0.3, -0.25) is 9.59 Å². The van der Waals surface area contributed by atoms with E-state index in [0.29, 0.717) is 43.8 Å². The Bertz CT molecular complexity index is 986. The third-order valence-electron chi connectivity index (χ3n) is 5.86. The number of piperidine rings is 1. The third-order valence-corrected chi connectivity index (χ3v) is 5.86. The molecule has 3 N–H and O–H groups in total. The van der Waals surface area contributed by atoms with E-state index in [-0.39, 0.29) is 23.9 Å². The summed E-state index contributed by atoms with van der Waals surface area (Å²) in [6.07, 6.45) is 1.71. The lowest BCUT2D eigenvalue weighted by Gasteiger charge is -2.33. The Labute approximate surface area is 194 Å². The number of ether oxygens (including phenoxy) is 1. The van der Waals surface area contributed by atoms with Crippen LogP contribution in [0.4, 0.5) is 10.5 Å². The molecule has 1 heterocycles. The van der Waals surface area contributed by atoms with Crippen molar-refractivity contribution in [1.29, 1.82) is 0 Å². The molecule has 1 aliphatic heterocycles. The zero-order valence-corrected chi connectivity index (χ0v) is 19.4. The number of para-hydroxylation sites is 2. The number of benzene rings is 2. The predicted molar refractivity (Wildman–Crippen MR) is 127 cm³/mol. The van der Waals surface area contributed by atoms with Crippen molar-refractivity contribution in [3.05, 3.63) is 59.7 Å². The first-order valence-electron chi connectivity index (χ1n) is 11.2. The SMILES string of the molecule is COc1ccccc1NC(=O)N1CCC(NC(=O)[C@@H](Cc2ccccc2C)NC(C)=O)CC1. The number of carbonyl (C=O) groups excluding carboxylic acids is 3. The summed E-state index contributed by atoms with van der Waals surface area (Å²) in [5.41, 5.74) is 2.72. The van der Waals surface area contributed by atoms with Crippen molar-refractivity contribution < 1.29 is 19.1 Å². The lowest BCUT2D eigenvalue weighted by molar-refractivity contribution is -0.128. The number of carbonyl (C=O) groups is 3. The number of likely N-dealkylation sites (tertiary alicyclic amines) is 1. The van der Waals surface area contributed by atoms with Gasteiger partial charge in [-0.05, 0) is 43.0 Å². The Morgan fingerprint density at radius 3 is 2.39 bits per heavy atom. The van der Waals surface area contributed by atoms with Crippen LogP contribution in [0.2, 0.25) is 0 Å². The summed E-state index contributed by atoms with van der Waals surface area (Å²) in [5.74, 6) is 0.155. The van der Waals surface area contributed by atoms with Crippen LogP contribution in [0.3, 0.4) is 0 Å². The minimum Gasteiger partial charge on any atom is -0.495 e. The van der Waals surface area contributed by atoms with E-state index in [1.807, 2.05) is 43.3 Å². The molecule has 33 heavy (non-hydrogen) atoms. The van der Waals surface area contributed by atoms with Crippen molar-refractivity contribution in [3.8, 4) is 5.75 Å². The molecule has 176 valence electrons. The van der Waals surface area contributed by atoms with E-state index in [4.69, 9.17) is 4.74 Å². The number of nitrogens with zero attached hydrogens (tertiary/aromatic N) is 1. The first-order valence-corrected chi connectivity index (χ1v) is 11.2. The van der Waals surface area contributed by atoms with Crippen molar-refractivity contribution in [2.75, 3.05) is 25.5 Å². The van der Waals surface area contributed by atoms with E-state index in [2.05, 4.69) is 16.0 Å². The Morgan fingerprint density at radius 1 is 1.06 bits per heavy atom. The van der Waals surface area contributed by atoms with Gasteiger partial charge >= 0.3 is 6.03 Å². The molecule has 0 unspecified atom stereocenters. The van der Waals surface area contributed by atoms with Crippen LogP contribution in [0.1, 0.15) is 30.9 Å². The highest BCUT2D eigenvalue weighted by atomic mass is 16.5. The predicted octanol–water partition coefficient (Wildman–Crippen LogP) is 2.86. The van der Waals surface area contributed by atoms with Crippen LogP contribution >= 0.6 is 0 Å². The van der Waals surface area contributed by atoms with Gasteiger partial charge in [-0.25, -0.2) is 4.79 Å². The molecular weight excluding hydrogens is 420 g/mol. The van der Waals surface area contributed by atoms with E-state index in [0.717, 1.165) is 11.1 Å². The zero-order valence-electron chi connectivity index (χ0n) is 19.4. The number of rotatable bonds is 7. The second kappa shape index (κ2) is 11.4. The number of urea groups is 1. The Morgan fingerprint density at radius 2 is 1.73 bits per heavy atom. The van der Waals surface area contributed by atoms with Gasteiger partial charge in [-0.15, -0.1) is 0 Å². The number of nitrogens with one attached hydrogen (secondary N) is 3. The summed E-state index contributed by atoms with van der Waals surface area (Å²) >= 11 is 0. The van der Waals surface area contributed by atoms with Crippen molar-refractivity contribution in [2.45, 2.75) is 45.2 Å². The minimum atomic E-state index is -0.643. The van der Waals surface area contributed by atoms with Crippen molar-refractivity contribution >= 4 is 23.5 Å². The Hall–Kier alpha value is -3.55. The number of anilines is 1.